The van der Waals surface area contributed by atoms with E-state index in [4.69, 9.17) is 4.74 Å². The quantitative estimate of drug-likeness (QED) is 0.509. The Labute approximate surface area is 182 Å². The summed E-state index contributed by atoms with van der Waals surface area (Å²) in [5.74, 6) is 0.776. The lowest BCUT2D eigenvalue weighted by Crippen LogP contribution is -2.14. The van der Waals surface area contributed by atoms with Crippen molar-refractivity contribution in [3.8, 4) is 22.9 Å². The van der Waals surface area contributed by atoms with E-state index < -0.39 is 0 Å². The van der Waals surface area contributed by atoms with Crippen LogP contribution in [0.15, 0.2) is 36.7 Å². The maximum atomic E-state index is 13.1. The number of carbonyl (C=O) groups excluding carboxylic acids is 1. The first-order valence-electron chi connectivity index (χ1n) is 9.78. The van der Waals surface area contributed by atoms with Crippen molar-refractivity contribution in [2.75, 3.05) is 12.4 Å². The molecule has 8 nitrogen and oxygen atoms in total. The molecule has 0 aliphatic heterocycles. The van der Waals surface area contributed by atoms with Crippen LogP contribution in [0.2, 0.25) is 0 Å². The molecule has 1 aromatic carbocycles. The smallest absolute Gasteiger partial charge is 0.259 e. The fourth-order valence-electron chi connectivity index (χ4n) is 3.46. The van der Waals surface area contributed by atoms with Crippen LogP contribution in [0.1, 0.15) is 46.1 Å². The Morgan fingerprint density at radius 3 is 2.87 bits per heavy atom. The van der Waals surface area contributed by atoms with Gasteiger partial charge in [0.05, 0.1) is 36.2 Å². The van der Waals surface area contributed by atoms with Gasteiger partial charge in [0.25, 0.3) is 5.91 Å². The Balaban J connectivity index is 1.50. The van der Waals surface area contributed by atoms with E-state index in [-0.39, 0.29) is 5.91 Å². The molecule has 0 saturated heterocycles. The minimum absolute atomic E-state index is 0.341. The third-order valence-electron chi connectivity index (χ3n) is 5.18. The third-order valence-corrected chi connectivity index (χ3v) is 6.02. The molecular formula is C22H18N6O2S. The van der Waals surface area contributed by atoms with Gasteiger partial charge in [-0.2, -0.15) is 5.26 Å². The number of anilines is 1. The van der Waals surface area contributed by atoms with Crippen molar-refractivity contribution in [2.24, 2.45) is 0 Å². The lowest BCUT2D eigenvalue weighted by molar-refractivity contribution is 0.102. The normalized spacial score (nSPS) is 13.2. The van der Waals surface area contributed by atoms with Crippen molar-refractivity contribution in [2.45, 2.75) is 25.7 Å². The number of methoxy groups -OCH3 is 1. The van der Waals surface area contributed by atoms with Crippen molar-refractivity contribution in [3.05, 3.63) is 59.2 Å². The number of nitrogens with zero attached hydrogens (tertiary/aromatic N) is 5. The largest absolute Gasteiger partial charge is 0.496 e. The van der Waals surface area contributed by atoms with Crippen LogP contribution in [-0.4, -0.2) is 32.6 Å². The molecule has 9 heteroatoms. The molecule has 3 aromatic heterocycles. The highest BCUT2D eigenvalue weighted by Crippen LogP contribution is 2.40. The van der Waals surface area contributed by atoms with Gasteiger partial charge in [0.2, 0.25) is 10.1 Å². The van der Waals surface area contributed by atoms with Gasteiger partial charge in [0.1, 0.15) is 5.75 Å². The molecule has 1 amide bonds. The summed E-state index contributed by atoms with van der Waals surface area (Å²) in [4.78, 5) is 22.8. The van der Waals surface area contributed by atoms with E-state index in [1.165, 1.54) is 30.4 Å². The van der Waals surface area contributed by atoms with Gasteiger partial charge in [-0.15, -0.1) is 5.10 Å². The molecule has 5 rings (SSSR count). The first-order valence-corrected chi connectivity index (χ1v) is 10.6. The van der Waals surface area contributed by atoms with Gasteiger partial charge >= 0.3 is 0 Å². The minimum atomic E-state index is -0.341. The molecule has 1 fully saturated rings. The molecule has 1 aliphatic carbocycles. The number of carbonyl (C=O) groups is 1. The van der Waals surface area contributed by atoms with Crippen LogP contribution >= 0.6 is 11.3 Å². The molecule has 0 spiro atoms. The summed E-state index contributed by atoms with van der Waals surface area (Å²) in [6.45, 7) is 1.85. The highest BCUT2D eigenvalue weighted by molar-refractivity contribution is 7.20. The van der Waals surface area contributed by atoms with Gasteiger partial charge in [0.15, 0.2) is 0 Å². The average molecular weight is 430 g/mol. The zero-order valence-electron chi connectivity index (χ0n) is 16.9. The van der Waals surface area contributed by atoms with Crippen molar-refractivity contribution in [1.82, 2.24) is 19.6 Å². The Hall–Kier alpha value is -3.77. The number of nitriles is 1. The molecule has 154 valence electrons. The van der Waals surface area contributed by atoms with Crippen LogP contribution < -0.4 is 10.1 Å². The molecule has 31 heavy (non-hydrogen) atoms. The maximum absolute atomic E-state index is 13.1. The van der Waals surface area contributed by atoms with Crippen molar-refractivity contribution in [1.29, 1.82) is 5.26 Å². The summed E-state index contributed by atoms with van der Waals surface area (Å²) >= 11 is 1.33. The fraction of sp³-hybridized carbons (Fsp3) is 0.227. The van der Waals surface area contributed by atoms with Crippen LogP contribution in [0.4, 0.5) is 5.13 Å². The molecule has 0 atom stereocenters. The molecule has 1 aliphatic rings. The molecule has 4 aromatic rings. The second-order valence-corrected chi connectivity index (χ2v) is 8.38. The van der Waals surface area contributed by atoms with E-state index in [1.807, 2.05) is 19.2 Å². The van der Waals surface area contributed by atoms with E-state index in [1.54, 1.807) is 29.8 Å². The number of rotatable bonds is 5. The van der Waals surface area contributed by atoms with Crippen molar-refractivity contribution >= 4 is 27.3 Å². The second kappa shape index (κ2) is 7.49. The Kier molecular flexibility index (Phi) is 4.64. The van der Waals surface area contributed by atoms with Gasteiger partial charge in [0, 0.05) is 28.9 Å². The summed E-state index contributed by atoms with van der Waals surface area (Å²) in [6.07, 6.45) is 5.81. The predicted octanol–water partition coefficient (Wildman–Crippen LogP) is 4.17. The number of nitrogens with one attached hydrogen (secondary N) is 1. The molecular weight excluding hydrogens is 412 g/mol. The first kappa shape index (κ1) is 19.2. The first-order chi connectivity index (χ1) is 15.1. The highest BCUT2D eigenvalue weighted by atomic mass is 32.1. The average Bonchev–Trinajstić information content (AvgIpc) is 3.45. The summed E-state index contributed by atoms with van der Waals surface area (Å²) in [5, 5.41) is 17.1. The summed E-state index contributed by atoms with van der Waals surface area (Å²) in [5.41, 5.74) is 3.94. The van der Waals surface area contributed by atoms with Crippen molar-refractivity contribution in [3.63, 3.8) is 0 Å². The molecule has 0 bridgehead atoms. The molecule has 1 N–H and O–H groups in total. The number of benzene rings is 1. The van der Waals surface area contributed by atoms with E-state index in [2.05, 4.69) is 26.5 Å². The van der Waals surface area contributed by atoms with E-state index in [0.29, 0.717) is 39.1 Å². The topological polar surface area (TPSA) is 105 Å². The van der Waals surface area contributed by atoms with Crippen LogP contribution in [0.3, 0.4) is 0 Å². The standard InChI is InChI=1S/C22H18N6O2S/c1-12-7-15(16-8-13(9-23)3-6-19(16)30-2)17(10-24-12)20(29)26-21-27-28-11-18(14-4-5-14)25-22(28)31-21/h3,6-8,10-11,14H,4-5H2,1-2H3,(H,26,27,29). The molecule has 0 unspecified atom stereocenters. The van der Waals surface area contributed by atoms with E-state index in [9.17, 15) is 10.1 Å². The Morgan fingerprint density at radius 2 is 2.16 bits per heavy atom. The number of hydrogen-bond donors (Lipinski definition) is 1. The van der Waals surface area contributed by atoms with E-state index >= 15 is 0 Å². The number of hydrogen-bond acceptors (Lipinski definition) is 7. The zero-order valence-corrected chi connectivity index (χ0v) is 17.7. The second-order valence-electron chi connectivity index (χ2n) is 7.43. The number of imidazole rings is 1. The molecule has 0 radical (unpaired) electrons. The maximum Gasteiger partial charge on any atom is 0.259 e. The lowest BCUT2D eigenvalue weighted by Gasteiger charge is -2.13. The number of pyridine rings is 1. The SMILES string of the molecule is COc1ccc(C#N)cc1-c1cc(C)ncc1C(=O)Nc1nn2cc(C3CC3)nc2s1. The van der Waals surface area contributed by atoms with Gasteiger partial charge in [-0.25, -0.2) is 9.50 Å². The summed E-state index contributed by atoms with van der Waals surface area (Å²) in [7, 11) is 1.56. The Bertz CT molecular complexity index is 1330. The third kappa shape index (κ3) is 3.62. The van der Waals surface area contributed by atoms with Crippen LogP contribution in [0, 0.1) is 18.3 Å². The van der Waals surface area contributed by atoms with Crippen molar-refractivity contribution < 1.29 is 9.53 Å². The fourth-order valence-corrected chi connectivity index (χ4v) is 4.24. The van der Waals surface area contributed by atoms with Gasteiger partial charge < -0.3 is 4.74 Å². The van der Waals surface area contributed by atoms with Gasteiger partial charge in [-0.1, -0.05) is 11.3 Å². The van der Waals surface area contributed by atoms with Crippen LogP contribution in [0.25, 0.3) is 16.1 Å². The number of amides is 1. The number of fused-ring (bicyclic) bond motifs is 1. The number of aromatic nitrogens is 4. The van der Waals surface area contributed by atoms with Gasteiger partial charge in [-0.3, -0.25) is 15.1 Å². The monoisotopic (exact) mass is 430 g/mol. The number of ether oxygens (including phenoxy) is 1. The predicted molar refractivity (Wildman–Crippen MR) is 116 cm³/mol. The van der Waals surface area contributed by atoms with Crippen LogP contribution in [-0.2, 0) is 0 Å². The minimum Gasteiger partial charge on any atom is -0.496 e. The van der Waals surface area contributed by atoms with E-state index in [0.717, 1.165) is 16.3 Å². The Morgan fingerprint density at radius 1 is 1.32 bits per heavy atom. The van der Waals surface area contributed by atoms with Crippen LogP contribution in [0.5, 0.6) is 5.75 Å². The molecule has 3 heterocycles. The summed E-state index contributed by atoms with van der Waals surface area (Å²) in [6, 6.07) is 9.05. The molecule has 1 saturated carbocycles. The number of aryl methyl sites for hydroxylation is 1. The van der Waals surface area contributed by atoms with Gasteiger partial charge in [-0.05, 0) is 44.0 Å². The summed E-state index contributed by atoms with van der Waals surface area (Å²) < 4.78 is 7.18. The lowest BCUT2D eigenvalue weighted by atomic mass is 9.97. The highest BCUT2D eigenvalue weighted by Gasteiger charge is 2.27. The zero-order chi connectivity index (χ0) is 21.5.